The fraction of sp³-hybridized carbons (Fsp3) is 0.375. The first-order valence-corrected chi connectivity index (χ1v) is 10.1. The van der Waals surface area contributed by atoms with Gasteiger partial charge < -0.3 is 9.84 Å². The number of aliphatic hydroxyl groups is 1. The molecule has 4 nitrogen and oxygen atoms in total. The monoisotopic (exact) mass is 376 g/mol. The SMILES string of the molecule is Cc1ccc(OCC[C@H](O)N2CCC(c3cncc4ccccc34)CC2)cc1. The first kappa shape index (κ1) is 18.9. The van der Waals surface area contributed by atoms with Crippen LogP contribution in [0.1, 0.15) is 36.3 Å². The van der Waals surface area contributed by atoms with E-state index in [9.17, 15) is 5.11 Å². The first-order chi connectivity index (χ1) is 13.7. The molecule has 0 spiro atoms. The Morgan fingerprint density at radius 1 is 1.07 bits per heavy atom. The van der Waals surface area contributed by atoms with Crippen molar-refractivity contribution in [1.82, 2.24) is 9.88 Å². The molecule has 2 aromatic carbocycles. The van der Waals surface area contributed by atoms with Crippen LogP contribution in [0.25, 0.3) is 10.8 Å². The van der Waals surface area contributed by atoms with Gasteiger partial charge in [-0.15, -0.1) is 0 Å². The van der Waals surface area contributed by atoms with Crippen molar-refractivity contribution in [2.45, 2.75) is 38.3 Å². The van der Waals surface area contributed by atoms with Crippen LogP contribution < -0.4 is 4.74 Å². The van der Waals surface area contributed by atoms with Crippen LogP contribution in [0.5, 0.6) is 5.75 Å². The van der Waals surface area contributed by atoms with Crippen LogP contribution in [0.15, 0.2) is 60.9 Å². The van der Waals surface area contributed by atoms with E-state index in [0.29, 0.717) is 18.9 Å². The summed E-state index contributed by atoms with van der Waals surface area (Å²) in [5.41, 5.74) is 2.56. The second-order valence-electron chi connectivity index (χ2n) is 7.69. The summed E-state index contributed by atoms with van der Waals surface area (Å²) < 4.78 is 5.77. The van der Waals surface area contributed by atoms with Crippen molar-refractivity contribution in [3.8, 4) is 5.75 Å². The Hall–Kier alpha value is -2.43. The topological polar surface area (TPSA) is 45.6 Å². The van der Waals surface area contributed by atoms with E-state index < -0.39 is 6.23 Å². The Labute approximate surface area is 166 Å². The Bertz CT molecular complexity index is 897. The van der Waals surface area contributed by atoms with E-state index in [2.05, 4.69) is 41.1 Å². The zero-order valence-corrected chi connectivity index (χ0v) is 16.4. The maximum Gasteiger partial charge on any atom is 0.119 e. The summed E-state index contributed by atoms with van der Waals surface area (Å²) >= 11 is 0. The minimum absolute atomic E-state index is 0.447. The van der Waals surface area contributed by atoms with Gasteiger partial charge in [-0.05, 0) is 48.8 Å². The molecule has 0 saturated carbocycles. The lowest BCUT2D eigenvalue weighted by Gasteiger charge is -2.35. The number of aliphatic hydroxyl groups excluding tert-OH is 1. The number of rotatable bonds is 6. The molecule has 1 fully saturated rings. The number of aryl methyl sites for hydroxylation is 1. The van der Waals surface area contributed by atoms with E-state index in [1.807, 2.05) is 36.7 Å². The summed E-state index contributed by atoms with van der Waals surface area (Å²) in [4.78, 5) is 6.61. The van der Waals surface area contributed by atoms with Crippen LogP contribution in [-0.2, 0) is 0 Å². The molecule has 0 amide bonds. The average Bonchev–Trinajstić information content (AvgIpc) is 2.75. The molecule has 2 heterocycles. The largest absolute Gasteiger partial charge is 0.493 e. The lowest BCUT2D eigenvalue weighted by molar-refractivity contribution is -0.0234. The minimum atomic E-state index is -0.447. The van der Waals surface area contributed by atoms with Gasteiger partial charge in [0, 0.05) is 37.3 Å². The van der Waals surface area contributed by atoms with Gasteiger partial charge in [-0.1, -0.05) is 42.0 Å². The molecule has 146 valence electrons. The summed E-state index contributed by atoms with van der Waals surface area (Å²) in [6.45, 7) is 4.39. The Kier molecular flexibility index (Phi) is 5.89. The Balaban J connectivity index is 1.29. The highest BCUT2D eigenvalue weighted by atomic mass is 16.5. The molecule has 4 heteroatoms. The number of pyridine rings is 1. The highest BCUT2D eigenvalue weighted by Crippen LogP contribution is 2.33. The van der Waals surface area contributed by atoms with Crippen molar-refractivity contribution in [2.75, 3.05) is 19.7 Å². The van der Waals surface area contributed by atoms with Crippen molar-refractivity contribution in [3.05, 3.63) is 72.1 Å². The van der Waals surface area contributed by atoms with Gasteiger partial charge in [0.2, 0.25) is 0 Å². The molecule has 1 aliphatic heterocycles. The van der Waals surface area contributed by atoms with Crippen molar-refractivity contribution < 1.29 is 9.84 Å². The number of aromatic nitrogens is 1. The summed E-state index contributed by atoms with van der Waals surface area (Å²) in [6, 6.07) is 16.5. The summed E-state index contributed by atoms with van der Waals surface area (Å²) in [6.07, 6.45) is 6.23. The summed E-state index contributed by atoms with van der Waals surface area (Å²) in [5.74, 6) is 1.37. The molecule has 1 aliphatic rings. The molecule has 1 atom stereocenters. The average molecular weight is 377 g/mol. The first-order valence-electron chi connectivity index (χ1n) is 10.1. The van der Waals surface area contributed by atoms with Gasteiger partial charge in [0.25, 0.3) is 0 Å². The van der Waals surface area contributed by atoms with Gasteiger partial charge in [-0.2, -0.15) is 0 Å². The lowest BCUT2D eigenvalue weighted by atomic mass is 9.87. The van der Waals surface area contributed by atoms with Gasteiger partial charge in [-0.3, -0.25) is 9.88 Å². The molecule has 0 bridgehead atoms. The second kappa shape index (κ2) is 8.72. The fourth-order valence-electron chi connectivity index (χ4n) is 4.07. The van der Waals surface area contributed by atoms with Crippen LogP contribution in [0.2, 0.25) is 0 Å². The number of ether oxygens (including phenoxy) is 1. The molecule has 28 heavy (non-hydrogen) atoms. The molecular formula is C24H28N2O2. The maximum absolute atomic E-state index is 10.6. The number of benzene rings is 2. The maximum atomic E-state index is 10.6. The Morgan fingerprint density at radius 3 is 2.61 bits per heavy atom. The van der Waals surface area contributed by atoms with Crippen LogP contribution in [0, 0.1) is 6.92 Å². The third-order valence-corrected chi connectivity index (χ3v) is 5.76. The predicted molar refractivity (Wildman–Crippen MR) is 113 cm³/mol. The van der Waals surface area contributed by atoms with E-state index in [4.69, 9.17) is 4.74 Å². The zero-order valence-electron chi connectivity index (χ0n) is 16.4. The van der Waals surface area contributed by atoms with E-state index in [1.165, 1.54) is 21.9 Å². The third kappa shape index (κ3) is 4.34. The predicted octanol–water partition coefficient (Wildman–Crippen LogP) is 4.51. The number of hydrogen-bond acceptors (Lipinski definition) is 4. The van der Waals surface area contributed by atoms with Crippen molar-refractivity contribution in [1.29, 1.82) is 0 Å². The molecule has 0 radical (unpaired) electrons. The smallest absolute Gasteiger partial charge is 0.119 e. The van der Waals surface area contributed by atoms with E-state index in [0.717, 1.165) is 31.7 Å². The van der Waals surface area contributed by atoms with Crippen LogP contribution in [0.3, 0.4) is 0 Å². The molecule has 4 rings (SSSR count). The number of piperidine rings is 1. The molecule has 0 aliphatic carbocycles. The number of likely N-dealkylation sites (tertiary alicyclic amines) is 1. The van der Waals surface area contributed by atoms with Gasteiger partial charge in [0.1, 0.15) is 12.0 Å². The van der Waals surface area contributed by atoms with Gasteiger partial charge >= 0.3 is 0 Å². The van der Waals surface area contributed by atoms with Crippen LogP contribution in [0.4, 0.5) is 0 Å². The highest BCUT2D eigenvalue weighted by molar-refractivity contribution is 5.85. The van der Waals surface area contributed by atoms with E-state index in [-0.39, 0.29) is 0 Å². The fourth-order valence-corrected chi connectivity index (χ4v) is 4.07. The highest BCUT2D eigenvalue weighted by Gasteiger charge is 2.25. The zero-order chi connectivity index (χ0) is 19.3. The van der Waals surface area contributed by atoms with Gasteiger partial charge in [0.05, 0.1) is 6.61 Å². The van der Waals surface area contributed by atoms with Crippen molar-refractivity contribution in [3.63, 3.8) is 0 Å². The standard InChI is InChI=1S/C24H28N2O2/c1-18-6-8-21(9-7-18)28-15-12-24(27)26-13-10-19(11-14-26)23-17-25-16-20-4-2-3-5-22(20)23/h2-9,16-17,19,24,27H,10-15H2,1H3/t24-/m0/s1. The molecule has 1 N–H and O–H groups in total. The van der Waals surface area contributed by atoms with Crippen molar-refractivity contribution in [2.24, 2.45) is 0 Å². The second-order valence-corrected chi connectivity index (χ2v) is 7.69. The number of nitrogens with zero attached hydrogens (tertiary/aromatic N) is 2. The van der Waals surface area contributed by atoms with Crippen molar-refractivity contribution >= 4 is 10.8 Å². The van der Waals surface area contributed by atoms with E-state index >= 15 is 0 Å². The Morgan fingerprint density at radius 2 is 1.82 bits per heavy atom. The van der Waals surface area contributed by atoms with Crippen LogP contribution >= 0.6 is 0 Å². The minimum Gasteiger partial charge on any atom is -0.493 e. The summed E-state index contributed by atoms with van der Waals surface area (Å²) in [7, 11) is 0. The van der Waals surface area contributed by atoms with Gasteiger partial charge in [0.15, 0.2) is 0 Å². The van der Waals surface area contributed by atoms with E-state index in [1.54, 1.807) is 0 Å². The third-order valence-electron chi connectivity index (χ3n) is 5.76. The quantitative estimate of drug-likeness (QED) is 0.687. The normalized spacial score (nSPS) is 16.9. The number of fused-ring (bicyclic) bond motifs is 1. The van der Waals surface area contributed by atoms with Gasteiger partial charge in [-0.25, -0.2) is 0 Å². The molecule has 1 aromatic heterocycles. The van der Waals surface area contributed by atoms with Crippen LogP contribution in [-0.4, -0.2) is 40.9 Å². The molecular weight excluding hydrogens is 348 g/mol. The number of hydrogen-bond donors (Lipinski definition) is 1. The molecule has 3 aromatic rings. The molecule has 1 saturated heterocycles. The summed E-state index contributed by atoms with van der Waals surface area (Å²) in [5, 5.41) is 13.1. The lowest BCUT2D eigenvalue weighted by Crippen LogP contribution is -2.41. The molecule has 0 unspecified atom stereocenters.